The molecule has 0 amide bonds. The maximum absolute atomic E-state index is 13.5. The van der Waals surface area contributed by atoms with E-state index >= 15 is 0 Å². The molecule has 0 N–H and O–H groups in total. The van der Waals surface area contributed by atoms with E-state index in [1.807, 2.05) is 84.9 Å². The van der Waals surface area contributed by atoms with Crippen LogP contribution in [0.5, 0.6) is 0 Å². The minimum Gasteiger partial charge on any atom is -0.311 e. The Morgan fingerprint density at radius 3 is 0.929 bits per heavy atom. The van der Waals surface area contributed by atoms with Gasteiger partial charge in [0.25, 0.3) is 0 Å². The van der Waals surface area contributed by atoms with Crippen LogP contribution in [-0.2, 0) is 0 Å². The van der Waals surface area contributed by atoms with Crippen LogP contribution >= 0.6 is 0 Å². The van der Waals surface area contributed by atoms with E-state index in [0.29, 0.717) is 11.1 Å². The molecular weight excluding hydrogens is 512 g/mol. The molecule has 0 spiro atoms. The van der Waals surface area contributed by atoms with Crippen LogP contribution in [0.2, 0.25) is 0 Å². The quantitative estimate of drug-likeness (QED) is 0.178. The van der Waals surface area contributed by atoms with Gasteiger partial charge in [0.15, 0.2) is 5.78 Å². The fourth-order valence-electron chi connectivity index (χ4n) is 5.13. The second kappa shape index (κ2) is 12.0. The number of hydrogen-bond donors (Lipinski definition) is 0. The fraction of sp³-hybridized carbons (Fsp3) is 0.0513. The summed E-state index contributed by atoms with van der Waals surface area (Å²) in [6.45, 7) is 4.18. The minimum absolute atomic E-state index is 0.00343. The van der Waals surface area contributed by atoms with Crippen LogP contribution in [0.4, 0.5) is 34.1 Å². The summed E-state index contributed by atoms with van der Waals surface area (Å²) in [6, 6.07) is 53.2. The molecule has 0 saturated carbocycles. The van der Waals surface area contributed by atoms with Crippen LogP contribution in [0.25, 0.3) is 0 Å². The van der Waals surface area contributed by atoms with E-state index in [4.69, 9.17) is 0 Å². The number of nitrogens with zero attached hydrogens (tertiary/aromatic N) is 2. The van der Waals surface area contributed by atoms with Crippen LogP contribution in [-0.4, -0.2) is 5.78 Å². The Bertz CT molecular complexity index is 1630. The van der Waals surface area contributed by atoms with E-state index in [1.165, 1.54) is 11.1 Å². The predicted octanol–water partition coefficient (Wildman–Crippen LogP) is 10.5. The van der Waals surface area contributed by atoms with E-state index in [2.05, 4.69) is 96.4 Å². The number of benzene rings is 6. The van der Waals surface area contributed by atoms with Gasteiger partial charge in [-0.25, -0.2) is 0 Å². The van der Waals surface area contributed by atoms with Crippen molar-refractivity contribution >= 4 is 39.9 Å². The van der Waals surface area contributed by atoms with Crippen molar-refractivity contribution < 1.29 is 4.79 Å². The zero-order chi connectivity index (χ0) is 28.9. The molecule has 0 radical (unpaired) electrons. The molecule has 204 valence electrons. The molecule has 0 heterocycles. The highest BCUT2D eigenvalue weighted by Gasteiger charge is 2.16. The lowest BCUT2D eigenvalue weighted by Gasteiger charge is -2.26. The smallest absolute Gasteiger partial charge is 0.193 e. The Morgan fingerprint density at radius 2 is 0.619 bits per heavy atom. The highest BCUT2D eigenvalue weighted by molar-refractivity contribution is 6.09. The summed E-state index contributed by atoms with van der Waals surface area (Å²) in [6.07, 6.45) is 0. The van der Waals surface area contributed by atoms with Crippen molar-refractivity contribution in [1.29, 1.82) is 0 Å². The van der Waals surface area contributed by atoms with E-state index in [1.54, 1.807) is 0 Å². The molecular formula is C39H32N2O. The first-order valence-corrected chi connectivity index (χ1v) is 14.2. The Hall–Kier alpha value is -5.41. The first kappa shape index (κ1) is 26.8. The van der Waals surface area contributed by atoms with Gasteiger partial charge in [-0.15, -0.1) is 0 Å². The molecule has 6 rings (SSSR count). The van der Waals surface area contributed by atoms with E-state index in [0.717, 1.165) is 34.1 Å². The molecule has 6 aromatic carbocycles. The lowest BCUT2D eigenvalue weighted by atomic mass is 10.0. The van der Waals surface area contributed by atoms with Crippen LogP contribution < -0.4 is 9.80 Å². The molecule has 0 aliphatic heterocycles. The van der Waals surface area contributed by atoms with Crippen LogP contribution in [0, 0.1) is 13.8 Å². The Balaban J connectivity index is 1.28. The molecule has 0 aliphatic carbocycles. The summed E-state index contributed by atoms with van der Waals surface area (Å²) >= 11 is 0. The van der Waals surface area contributed by atoms with E-state index in [9.17, 15) is 4.79 Å². The highest BCUT2D eigenvalue weighted by atomic mass is 16.1. The fourth-order valence-corrected chi connectivity index (χ4v) is 5.13. The topological polar surface area (TPSA) is 23.6 Å². The summed E-state index contributed by atoms with van der Waals surface area (Å²) < 4.78 is 0. The SMILES string of the molecule is Cc1ccc(N(c2ccccc2)c2ccc(C(=O)c3ccc(N(c4ccccc4)c4ccc(C)cc4)cc3)cc2)cc1. The number of hydrogen-bond acceptors (Lipinski definition) is 3. The summed E-state index contributed by atoms with van der Waals surface area (Å²) in [5, 5.41) is 0. The number of anilines is 6. The first-order valence-electron chi connectivity index (χ1n) is 14.2. The average Bonchev–Trinajstić information content (AvgIpc) is 3.05. The van der Waals surface area contributed by atoms with Crippen LogP contribution in [0.15, 0.2) is 158 Å². The van der Waals surface area contributed by atoms with Crippen molar-refractivity contribution in [3.63, 3.8) is 0 Å². The van der Waals surface area contributed by atoms with Gasteiger partial charge >= 0.3 is 0 Å². The zero-order valence-corrected chi connectivity index (χ0v) is 23.8. The molecule has 0 saturated heterocycles. The number of carbonyl (C=O) groups is 1. The molecule has 0 atom stereocenters. The molecule has 6 aromatic rings. The van der Waals surface area contributed by atoms with Crippen molar-refractivity contribution in [2.45, 2.75) is 13.8 Å². The Kier molecular flexibility index (Phi) is 7.65. The second-order valence-electron chi connectivity index (χ2n) is 10.4. The largest absolute Gasteiger partial charge is 0.311 e. The van der Waals surface area contributed by atoms with Gasteiger partial charge in [-0.2, -0.15) is 0 Å². The molecule has 3 heteroatoms. The third-order valence-corrected chi connectivity index (χ3v) is 7.39. The Labute approximate surface area is 247 Å². The van der Waals surface area contributed by atoms with Crippen molar-refractivity contribution in [2.24, 2.45) is 0 Å². The summed E-state index contributed by atoms with van der Waals surface area (Å²) in [4.78, 5) is 17.9. The monoisotopic (exact) mass is 544 g/mol. The van der Waals surface area contributed by atoms with Gasteiger partial charge < -0.3 is 9.80 Å². The lowest BCUT2D eigenvalue weighted by Crippen LogP contribution is -2.11. The number of aryl methyl sites for hydroxylation is 2. The molecule has 3 nitrogen and oxygen atoms in total. The predicted molar refractivity (Wildman–Crippen MR) is 175 cm³/mol. The van der Waals surface area contributed by atoms with Crippen molar-refractivity contribution in [1.82, 2.24) is 0 Å². The van der Waals surface area contributed by atoms with Gasteiger partial charge in [-0.1, -0.05) is 71.8 Å². The summed E-state index contributed by atoms with van der Waals surface area (Å²) in [5.41, 5.74) is 9.98. The number of ketones is 1. The average molecular weight is 545 g/mol. The Morgan fingerprint density at radius 1 is 0.357 bits per heavy atom. The molecule has 0 bridgehead atoms. The van der Waals surface area contributed by atoms with Gasteiger partial charge in [-0.05, 0) is 111 Å². The van der Waals surface area contributed by atoms with E-state index < -0.39 is 0 Å². The van der Waals surface area contributed by atoms with E-state index in [-0.39, 0.29) is 5.78 Å². The summed E-state index contributed by atoms with van der Waals surface area (Å²) in [7, 11) is 0. The molecule has 0 aliphatic rings. The minimum atomic E-state index is -0.00343. The van der Waals surface area contributed by atoms with Crippen molar-refractivity contribution in [3.8, 4) is 0 Å². The normalized spacial score (nSPS) is 10.7. The number of carbonyl (C=O) groups excluding carboxylic acids is 1. The highest BCUT2D eigenvalue weighted by Crippen LogP contribution is 2.36. The molecule has 0 fully saturated rings. The number of rotatable bonds is 8. The lowest BCUT2D eigenvalue weighted by molar-refractivity contribution is 0.103. The summed E-state index contributed by atoms with van der Waals surface area (Å²) in [5.74, 6) is -0.00343. The van der Waals surface area contributed by atoms with Gasteiger partial charge in [0.2, 0.25) is 0 Å². The maximum atomic E-state index is 13.5. The maximum Gasteiger partial charge on any atom is 0.193 e. The molecule has 42 heavy (non-hydrogen) atoms. The third kappa shape index (κ3) is 5.72. The van der Waals surface area contributed by atoms with Crippen molar-refractivity contribution in [3.05, 3.63) is 180 Å². The van der Waals surface area contributed by atoms with Crippen LogP contribution in [0.3, 0.4) is 0 Å². The molecule has 0 unspecified atom stereocenters. The molecule has 0 aromatic heterocycles. The van der Waals surface area contributed by atoms with Gasteiger partial charge in [0.1, 0.15) is 0 Å². The van der Waals surface area contributed by atoms with Gasteiger partial charge in [0.05, 0.1) is 0 Å². The first-order chi connectivity index (χ1) is 20.6. The third-order valence-electron chi connectivity index (χ3n) is 7.39. The standard InChI is InChI=1S/C39H32N2O/c1-29-13-21-35(22-14-29)40(33-9-5-3-6-10-33)37-25-17-31(18-26-37)39(42)32-19-27-38(28-20-32)41(34-11-7-4-8-12-34)36-23-15-30(2)16-24-36/h3-28H,1-2H3. The number of para-hydroxylation sites is 2. The van der Waals surface area contributed by atoms with Gasteiger partial charge in [0, 0.05) is 45.3 Å². The van der Waals surface area contributed by atoms with Gasteiger partial charge in [-0.3, -0.25) is 4.79 Å². The second-order valence-corrected chi connectivity index (χ2v) is 10.4. The van der Waals surface area contributed by atoms with Crippen molar-refractivity contribution in [2.75, 3.05) is 9.80 Å². The zero-order valence-electron chi connectivity index (χ0n) is 23.8. The van der Waals surface area contributed by atoms with Crippen LogP contribution in [0.1, 0.15) is 27.0 Å².